The van der Waals surface area contributed by atoms with E-state index < -0.39 is 0 Å². The molecule has 0 fully saturated rings. The first kappa shape index (κ1) is 10.4. The maximum atomic E-state index is 5.74. The van der Waals surface area contributed by atoms with E-state index in [1.165, 1.54) is 5.56 Å². The molecule has 1 atom stereocenters. The molecule has 0 aliphatic carbocycles. The van der Waals surface area contributed by atoms with Crippen LogP contribution < -0.4 is 4.74 Å². The number of benzene rings is 1. The van der Waals surface area contributed by atoms with Crippen LogP contribution in [0.5, 0.6) is 5.75 Å². The van der Waals surface area contributed by atoms with Crippen LogP contribution in [0, 0.1) is 5.92 Å². The monoisotopic (exact) mass is 198 g/mol. The largest absolute Gasteiger partial charge is 0.497 e. The van der Waals surface area contributed by atoms with Gasteiger partial charge in [-0.05, 0) is 30.0 Å². The molecule has 0 N–H and O–H groups in total. The van der Waals surface area contributed by atoms with Crippen molar-refractivity contribution in [2.24, 2.45) is 5.92 Å². The standard InChI is InChI=1S/C11H15ClO/c1-9(8-12)6-10-4-3-5-11(7-10)13-2/h3-5,7,9H,6,8H2,1-2H3. The van der Waals surface area contributed by atoms with Crippen LogP contribution >= 0.6 is 11.6 Å². The van der Waals surface area contributed by atoms with Gasteiger partial charge in [0.05, 0.1) is 7.11 Å². The predicted octanol–water partition coefficient (Wildman–Crippen LogP) is 3.11. The molecule has 0 aliphatic rings. The van der Waals surface area contributed by atoms with E-state index in [0.29, 0.717) is 11.8 Å². The van der Waals surface area contributed by atoms with Crippen molar-refractivity contribution in [3.8, 4) is 5.75 Å². The van der Waals surface area contributed by atoms with E-state index in [4.69, 9.17) is 16.3 Å². The highest BCUT2D eigenvalue weighted by Gasteiger charge is 2.02. The summed E-state index contributed by atoms with van der Waals surface area (Å²) in [5.74, 6) is 2.14. The van der Waals surface area contributed by atoms with Gasteiger partial charge in [-0.15, -0.1) is 11.6 Å². The van der Waals surface area contributed by atoms with Crippen molar-refractivity contribution in [2.45, 2.75) is 13.3 Å². The van der Waals surface area contributed by atoms with Gasteiger partial charge in [0.15, 0.2) is 0 Å². The molecule has 72 valence electrons. The van der Waals surface area contributed by atoms with E-state index >= 15 is 0 Å². The van der Waals surface area contributed by atoms with Crippen LogP contribution in [0.1, 0.15) is 12.5 Å². The van der Waals surface area contributed by atoms with Crippen molar-refractivity contribution in [1.29, 1.82) is 0 Å². The summed E-state index contributed by atoms with van der Waals surface area (Å²) in [5, 5.41) is 0. The minimum atomic E-state index is 0.522. The summed E-state index contributed by atoms with van der Waals surface area (Å²) in [4.78, 5) is 0. The molecule has 1 aromatic carbocycles. The Morgan fingerprint density at radius 3 is 2.85 bits per heavy atom. The lowest BCUT2D eigenvalue weighted by Gasteiger charge is -2.08. The molecule has 0 bridgehead atoms. The van der Waals surface area contributed by atoms with Crippen LogP contribution in [0.2, 0.25) is 0 Å². The average Bonchev–Trinajstić information content (AvgIpc) is 2.18. The van der Waals surface area contributed by atoms with Crippen LogP contribution in [0.3, 0.4) is 0 Å². The Morgan fingerprint density at radius 2 is 2.23 bits per heavy atom. The van der Waals surface area contributed by atoms with E-state index in [9.17, 15) is 0 Å². The van der Waals surface area contributed by atoms with Gasteiger partial charge in [-0.1, -0.05) is 19.1 Å². The van der Waals surface area contributed by atoms with Crippen LogP contribution in [-0.4, -0.2) is 13.0 Å². The van der Waals surface area contributed by atoms with Crippen molar-refractivity contribution in [2.75, 3.05) is 13.0 Å². The topological polar surface area (TPSA) is 9.23 Å². The molecule has 13 heavy (non-hydrogen) atoms. The van der Waals surface area contributed by atoms with E-state index in [2.05, 4.69) is 19.1 Å². The minimum absolute atomic E-state index is 0.522. The van der Waals surface area contributed by atoms with Gasteiger partial charge in [0.2, 0.25) is 0 Å². The Hall–Kier alpha value is -0.690. The van der Waals surface area contributed by atoms with E-state index in [0.717, 1.165) is 12.2 Å². The highest BCUT2D eigenvalue weighted by atomic mass is 35.5. The Bertz CT molecular complexity index is 260. The van der Waals surface area contributed by atoms with Crippen molar-refractivity contribution in [1.82, 2.24) is 0 Å². The van der Waals surface area contributed by atoms with E-state index in [1.54, 1.807) is 7.11 Å². The fourth-order valence-corrected chi connectivity index (χ4v) is 1.37. The number of alkyl halides is 1. The highest BCUT2D eigenvalue weighted by Crippen LogP contribution is 2.16. The lowest BCUT2D eigenvalue weighted by molar-refractivity contribution is 0.414. The molecule has 2 heteroatoms. The van der Waals surface area contributed by atoms with Gasteiger partial charge in [0, 0.05) is 5.88 Å². The summed E-state index contributed by atoms with van der Waals surface area (Å²) in [7, 11) is 1.68. The number of methoxy groups -OCH3 is 1. The van der Waals surface area contributed by atoms with E-state index in [-0.39, 0.29) is 0 Å². The van der Waals surface area contributed by atoms with Gasteiger partial charge in [-0.2, -0.15) is 0 Å². The molecular weight excluding hydrogens is 184 g/mol. The van der Waals surface area contributed by atoms with Gasteiger partial charge in [0.1, 0.15) is 5.75 Å². The third kappa shape index (κ3) is 3.27. The summed E-state index contributed by atoms with van der Waals surface area (Å²) < 4.78 is 5.14. The first-order valence-corrected chi connectivity index (χ1v) is 4.98. The number of hydrogen-bond donors (Lipinski definition) is 0. The lowest BCUT2D eigenvalue weighted by Crippen LogP contribution is -2.00. The molecule has 0 heterocycles. The third-order valence-electron chi connectivity index (χ3n) is 1.98. The van der Waals surface area contributed by atoms with Gasteiger partial charge in [0.25, 0.3) is 0 Å². The Balaban J connectivity index is 2.66. The molecule has 0 aliphatic heterocycles. The summed E-state index contributed by atoms with van der Waals surface area (Å²) in [6, 6.07) is 8.12. The van der Waals surface area contributed by atoms with E-state index in [1.807, 2.05) is 12.1 Å². The molecule has 0 spiro atoms. The number of hydrogen-bond acceptors (Lipinski definition) is 1. The predicted molar refractivity (Wildman–Crippen MR) is 56.6 cm³/mol. The van der Waals surface area contributed by atoms with Crippen molar-refractivity contribution < 1.29 is 4.74 Å². The molecular formula is C11H15ClO. The van der Waals surface area contributed by atoms with Crippen LogP contribution in [0.15, 0.2) is 24.3 Å². The fourth-order valence-electron chi connectivity index (χ4n) is 1.26. The SMILES string of the molecule is COc1cccc(CC(C)CCl)c1. The molecule has 0 amide bonds. The first-order chi connectivity index (χ1) is 6.26. The second kappa shape index (κ2) is 5.13. The number of halogens is 1. The zero-order chi connectivity index (χ0) is 9.68. The van der Waals surface area contributed by atoms with Crippen LogP contribution in [0.25, 0.3) is 0 Å². The molecule has 0 radical (unpaired) electrons. The molecule has 0 aromatic heterocycles. The number of ether oxygens (including phenoxy) is 1. The van der Waals surface area contributed by atoms with Gasteiger partial charge in [-0.25, -0.2) is 0 Å². The minimum Gasteiger partial charge on any atom is -0.497 e. The Labute approximate surface area is 84.7 Å². The van der Waals surface area contributed by atoms with Crippen LogP contribution in [0.4, 0.5) is 0 Å². The lowest BCUT2D eigenvalue weighted by atomic mass is 10.0. The first-order valence-electron chi connectivity index (χ1n) is 4.45. The summed E-state index contributed by atoms with van der Waals surface area (Å²) in [6.45, 7) is 2.15. The zero-order valence-corrected chi connectivity index (χ0v) is 8.84. The third-order valence-corrected chi connectivity index (χ3v) is 2.51. The average molecular weight is 199 g/mol. The van der Waals surface area contributed by atoms with Gasteiger partial charge in [-0.3, -0.25) is 0 Å². The quantitative estimate of drug-likeness (QED) is 0.676. The van der Waals surface area contributed by atoms with Crippen molar-refractivity contribution in [3.63, 3.8) is 0 Å². The normalized spacial score (nSPS) is 12.5. The van der Waals surface area contributed by atoms with Gasteiger partial charge < -0.3 is 4.74 Å². The molecule has 1 unspecified atom stereocenters. The molecule has 0 saturated carbocycles. The second-order valence-electron chi connectivity index (χ2n) is 3.32. The molecule has 0 saturated heterocycles. The Morgan fingerprint density at radius 1 is 1.46 bits per heavy atom. The second-order valence-corrected chi connectivity index (χ2v) is 3.62. The van der Waals surface area contributed by atoms with Crippen LogP contribution in [-0.2, 0) is 6.42 Å². The van der Waals surface area contributed by atoms with Gasteiger partial charge >= 0.3 is 0 Å². The van der Waals surface area contributed by atoms with Crippen molar-refractivity contribution in [3.05, 3.63) is 29.8 Å². The maximum Gasteiger partial charge on any atom is 0.119 e. The van der Waals surface area contributed by atoms with Crippen molar-refractivity contribution >= 4 is 11.6 Å². The summed E-state index contributed by atoms with van der Waals surface area (Å²) >= 11 is 5.74. The smallest absolute Gasteiger partial charge is 0.119 e. The zero-order valence-electron chi connectivity index (χ0n) is 8.09. The molecule has 1 nitrogen and oxygen atoms in total. The maximum absolute atomic E-state index is 5.74. The number of rotatable bonds is 4. The fraction of sp³-hybridized carbons (Fsp3) is 0.455. The molecule has 1 aromatic rings. The highest BCUT2D eigenvalue weighted by molar-refractivity contribution is 6.18. The molecule has 1 rings (SSSR count). The summed E-state index contributed by atoms with van der Waals surface area (Å²) in [6.07, 6.45) is 1.01. The summed E-state index contributed by atoms with van der Waals surface area (Å²) in [5.41, 5.74) is 1.28. The Kier molecular flexibility index (Phi) is 4.10.